The molecule has 4 bridgehead atoms. The summed E-state index contributed by atoms with van der Waals surface area (Å²) in [5.41, 5.74) is -9.44. The maximum absolute atomic E-state index is 13.9. The van der Waals surface area contributed by atoms with Crippen LogP contribution < -0.4 is 0 Å². The van der Waals surface area contributed by atoms with Crippen LogP contribution in [0.1, 0.15) is 107 Å². The van der Waals surface area contributed by atoms with Gasteiger partial charge in [-0.1, -0.05) is 34.6 Å². The van der Waals surface area contributed by atoms with Crippen molar-refractivity contribution < 1.29 is 68.4 Å². The summed E-state index contributed by atoms with van der Waals surface area (Å²) < 4.78 is 31.5. The third-order valence-electron chi connectivity index (χ3n) is 16.3. The lowest BCUT2D eigenvalue weighted by atomic mass is 9.47. The van der Waals surface area contributed by atoms with Gasteiger partial charge in [0.1, 0.15) is 29.5 Å². The van der Waals surface area contributed by atoms with Crippen LogP contribution in [0.25, 0.3) is 0 Å². The van der Waals surface area contributed by atoms with Crippen LogP contribution in [0.5, 0.6) is 0 Å². The minimum atomic E-state index is -2.20. The Hall–Kier alpha value is -2.56. The highest BCUT2D eigenvalue weighted by atomic mass is 16.7. The average molecular weight is 794 g/mol. The summed E-state index contributed by atoms with van der Waals surface area (Å²) in [4.78, 5) is 55.3. The number of hydrogen-bond acceptors (Lipinski definition) is 14. The van der Waals surface area contributed by atoms with Crippen molar-refractivity contribution in [2.45, 2.75) is 172 Å². The number of hydrogen-bond donors (Lipinski definition) is 5. The maximum Gasteiger partial charge on any atom is 0.506 e. The first-order valence-electron chi connectivity index (χ1n) is 20.7. The van der Waals surface area contributed by atoms with Gasteiger partial charge in [-0.3, -0.25) is 14.5 Å². The summed E-state index contributed by atoms with van der Waals surface area (Å²) in [6.07, 6.45) is -6.15. The van der Waals surface area contributed by atoms with E-state index in [1.807, 2.05) is 13.8 Å². The fourth-order valence-electron chi connectivity index (χ4n) is 13.5. The summed E-state index contributed by atoms with van der Waals surface area (Å²) in [5, 5.41) is 60.3. The summed E-state index contributed by atoms with van der Waals surface area (Å²) >= 11 is 0. The van der Waals surface area contributed by atoms with E-state index in [2.05, 4.69) is 11.8 Å². The fourth-order valence-corrected chi connectivity index (χ4v) is 13.5. The standard InChI is InChI=1S/C41H63NO14/c1-10-20(4)33(45)55-32-27(44)26-22(18-42-17-19(3)12-13-24(42)38(26,8)50)23-16-40-31(41(23,32)51)29(52-21(5)43)28(54-35(47)48)30-36(40,6)15-14-25(39(30,9)56-40)53-34(46)37(7,49)11-2/h19-20,22-32,44,49-51H,10-18H2,1-9H3,(H,47,48)/t19-,20?,22?,23?,24-,25-,26?,27+,28?,29?,30?,31?,32-,36-,37?,38?,39+,40+,41-/m0/s1. The lowest BCUT2D eigenvalue weighted by Crippen LogP contribution is -2.78. The lowest BCUT2D eigenvalue weighted by Gasteiger charge is -2.64. The molecule has 5 N–H and O–H groups in total. The molecule has 7 fully saturated rings. The van der Waals surface area contributed by atoms with Crippen LogP contribution in [-0.4, -0.2) is 132 Å². The van der Waals surface area contributed by atoms with Crippen molar-refractivity contribution in [3.8, 4) is 0 Å². The van der Waals surface area contributed by atoms with Gasteiger partial charge in [0.05, 0.1) is 29.1 Å². The number of nitrogens with zero attached hydrogens (tertiary/aromatic N) is 1. The van der Waals surface area contributed by atoms with Crippen LogP contribution in [0.4, 0.5) is 4.79 Å². The van der Waals surface area contributed by atoms with Crippen molar-refractivity contribution in [2.75, 3.05) is 13.1 Å². The highest BCUT2D eigenvalue weighted by Gasteiger charge is 2.89. The second kappa shape index (κ2) is 13.5. The number of carboxylic acid groups (broad SMARTS) is 1. The second-order valence-electron chi connectivity index (χ2n) is 19.5. The predicted octanol–water partition coefficient (Wildman–Crippen LogP) is 2.81. The number of piperidine rings is 2. The summed E-state index contributed by atoms with van der Waals surface area (Å²) in [5.74, 6) is -7.07. The maximum atomic E-state index is 13.9. The monoisotopic (exact) mass is 793 g/mol. The normalized spacial score (nSPS) is 50.5. The van der Waals surface area contributed by atoms with Crippen LogP contribution in [0.2, 0.25) is 0 Å². The molecule has 0 aromatic carbocycles. The van der Waals surface area contributed by atoms with E-state index in [4.69, 9.17) is 23.7 Å². The zero-order valence-corrected chi connectivity index (χ0v) is 34.2. The summed E-state index contributed by atoms with van der Waals surface area (Å²) in [7, 11) is 0. The molecule has 56 heavy (non-hydrogen) atoms. The van der Waals surface area contributed by atoms with Crippen molar-refractivity contribution in [2.24, 2.45) is 46.8 Å². The Morgan fingerprint density at radius 2 is 1.62 bits per heavy atom. The number of aliphatic hydroxyl groups excluding tert-OH is 1. The third-order valence-corrected chi connectivity index (χ3v) is 16.3. The molecule has 15 nitrogen and oxygen atoms in total. The first-order valence-corrected chi connectivity index (χ1v) is 20.7. The Balaban J connectivity index is 1.45. The molecule has 3 heterocycles. The van der Waals surface area contributed by atoms with Gasteiger partial charge in [-0.05, 0) is 83.5 Å². The molecule has 10 unspecified atom stereocenters. The highest BCUT2D eigenvalue weighted by molar-refractivity contribution is 5.79. The Bertz CT molecular complexity index is 1620. The van der Waals surface area contributed by atoms with E-state index in [9.17, 15) is 44.7 Å². The van der Waals surface area contributed by atoms with Crippen molar-refractivity contribution >= 4 is 24.1 Å². The highest BCUT2D eigenvalue weighted by Crippen LogP contribution is 2.78. The van der Waals surface area contributed by atoms with E-state index in [-0.39, 0.29) is 25.3 Å². The van der Waals surface area contributed by atoms with E-state index in [1.54, 1.807) is 27.7 Å². The zero-order valence-electron chi connectivity index (χ0n) is 34.2. The predicted molar refractivity (Wildman–Crippen MR) is 196 cm³/mol. The summed E-state index contributed by atoms with van der Waals surface area (Å²) in [6.45, 7) is 16.3. The minimum Gasteiger partial charge on any atom is -0.458 e. The van der Waals surface area contributed by atoms with Gasteiger partial charge in [0, 0.05) is 43.3 Å². The topological polar surface area (TPSA) is 219 Å². The van der Waals surface area contributed by atoms with Crippen molar-refractivity contribution in [1.82, 2.24) is 4.90 Å². The Morgan fingerprint density at radius 1 is 0.964 bits per heavy atom. The molecule has 7 aliphatic rings. The van der Waals surface area contributed by atoms with Crippen LogP contribution in [0, 0.1) is 46.8 Å². The van der Waals surface area contributed by atoms with Gasteiger partial charge in [-0.25, -0.2) is 9.59 Å². The number of rotatable bonds is 8. The molecule has 0 aromatic rings. The number of aliphatic hydroxyl groups is 4. The van der Waals surface area contributed by atoms with Gasteiger partial charge in [0.15, 0.2) is 11.7 Å². The van der Waals surface area contributed by atoms with Crippen LogP contribution in [-0.2, 0) is 38.1 Å². The fraction of sp³-hybridized carbons (Fsp3) is 0.902. The Morgan fingerprint density at radius 3 is 2.23 bits per heavy atom. The van der Waals surface area contributed by atoms with Gasteiger partial charge in [-0.15, -0.1) is 0 Å². The SMILES string of the molecule is CCC(C)C(=O)O[C@H]1[C@H](O)C2C(CN3C[C@@H](C)CC[C@H]3C2(C)O)C2C[C@@]34O[C@@]5(C)C(C(OC(=O)O)C(OC(C)=O)C3[C@@]21O)[C@]4(C)CC[C@@H]5OC(=O)C(C)(O)CC. The lowest BCUT2D eigenvalue weighted by molar-refractivity contribution is -0.300. The van der Waals surface area contributed by atoms with Crippen LogP contribution in [0.15, 0.2) is 0 Å². The van der Waals surface area contributed by atoms with Crippen LogP contribution >= 0.6 is 0 Å². The molecule has 0 aromatic heterocycles. The molecule has 0 radical (unpaired) electrons. The molecular weight excluding hydrogens is 730 g/mol. The van der Waals surface area contributed by atoms with Gasteiger partial charge in [0.25, 0.3) is 0 Å². The Kier molecular flexibility index (Phi) is 10.0. The first kappa shape index (κ1) is 41.6. The number of carbonyl (C=O) groups is 4. The zero-order chi connectivity index (χ0) is 41.3. The molecule has 0 amide bonds. The van der Waals surface area contributed by atoms with Gasteiger partial charge in [-0.2, -0.15) is 0 Å². The Labute approximate surface area is 328 Å². The molecule has 4 aliphatic carbocycles. The molecule has 3 aliphatic heterocycles. The number of esters is 3. The van der Waals surface area contributed by atoms with Crippen LogP contribution in [0.3, 0.4) is 0 Å². The quantitative estimate of drug-likeness (QED) is 0.176. The molecule has 3 saturated heterocycles. The van der Waals surface area contributed by atoms with Crippen molar-refractivity contribution in [1.29, 1.82) is 0 Å². The summed E-state index contributed by atoms with van der Waals surface area (Å²) in [6, 6.07) is -0.297. The molecule has 15 heteroatoms. The van der Waals surface area contributed by atoms with E-state index in [0.717, 1.165) is 6.42 Å². The van der Waals surface area contributed by atoms with E-state index >= 15 is 0 Å². The third kappa shape index (κ3) is 5.56. The number of carbonyl (C=O) groups excluding carboxylic acids is 3. The molecule has 1 spiro atoms. The van der Waals surface area contributed by atoms with E-state index < -0.39 is 124 Å². The van der Waals surface area contributed by atoms with Gasteiger partial charge < -0.3 is 49.2 Å². The second-order valence-corrected chi connectivity index (χ2v) is 19.5. The molecule has 4 saturated carbocycles. The van der Waals surface area contributed by atoms with E-state index in [1.165, 1.54) is 13.8 Å². The van der Waals surface area contributed by atoms with Crippen molar-refractivity contribution in [3.63, 3.8) is 0 Å². The molecule has 19 atom stereocenters. The van der Waals surface area contributed by atoms with Gasteiger partial charge in [0.2, 0.25) is 0 Å². The smallest absolute Gasteiger partial charge is 0.458 e. The number of fused-ring (bicyclic) bond motifs is 5. The molecule has 316 valence electrons. The van der Waals surface area contributed by atoms with E-state index in [0.29, 0.717) is 38.3 Å². The number of ether oxygens (including phenoxy) is 5. The minimum absolute atomic E-state index is 0.0688. The largest absolute Gasteiger partial charge is 0.506 e. The molecule has 7 rings (SSSR count). The molecular formula is C41H63NO14. The van der Waals surface area contributed by atoms with Crippen molar-refractivity contribution in [3.05, 3.63) is 0 Å². The average Bonchev–Trinajstić information content (AvgIpc) is 3.40. The van der Waals surface area contributed by atoms with Gasteiger partial charge >= 0.3 is 24.1 Å². The first-order chi connectivity index (χ1) is 26.0.